The van der Waals surface area contributed by atoms with Gasteiger partial charge in [0.15, 0.2) is 0 Å². The molecule has 0 aliphatic rings. The number of hydrogen-bond donors (Lipinski definition) is 0. The molecule has 0 aliphatic heterocycles. The fourth-order valence-electron chi connectivity index (χ4n) is 0.697. The van der Waals surface area contributed by atoms with Crippen molar-refractivity contribution in [3.63, 3.8) is 0 Å². The first-order chi connectivity index (χ1) is 7.75. The van der Waals surface area contributed by atoms with Gasteiger partial charge >= 0.3 is 12.1 Å². The minimum Gasteiger partial charge on any atom is -0.458 e. The molecule has 2 amide bonds. The molecule has 0 aromatic heterocycles. The lowest BCUT2D eigenvalue weighted by Crippen LogP contribution is -2.31. The predicted molar refractivity (Wildman–Crippen MR) is 60.1 cm³/mol. The summed E-state index contributed by atoms with van der Waals surface area (Å²) in [6, 6.07) is 0. The average molecular weight is 264 g/mol. The number of esters is 1. The first-order valence-corrected chi connectivity index (χ1v) is 5.09. The topological polar surface area (TPSA) is 72.9 Å². The van der Waals surface area contributed by atoms with Crippen molar-refractivity contribution in [2.45, 2.75) is 26.9 Å². The molecule has 6 nitrogen and oxygen atoms in total. The second kappa shape index (κ2) is 6.90. The van der Waals surface area contributed by atoms with E-state index in [4.69, 9.17) is 21.3 Å². The lowest BCUT2D eigenvalue weighted by atomic mass is 10.3. The molecule has 7 heteroatoms. The number of ether oxygens (including phenoxy) is 2. The highest BCUT2D eigenvalue weighted by molar-refractivity contribution is 6.28. The van der Waals surface area contributed by atoms with E-state index in [9.17, 15) is 14.4 Å². The largest absolute Gasteiger partial charge is 0.458 e. The molecular weight excluding hydrogens is 250 g/mol. The van der Waals surface area contributed by atoms with Crippen molar-refractivity contribution < 1.29 is 23.9 Å². The number of carbonyl (C=O) groups excluding carboxylic acids is 3. The van der Waals surface area contributed by atoms with Gasteiger partial charge in [0, 0.05) is 24.3 Å². The summed E-state index contributed by atoms with van der Waals surface area (Å²) in [5.41, 5.74) is 0.242. The number of halogens is 1. The molecule has 0 bridgehead atoms. The van der Waals surface area contributed by atoms with E-state index in [1.54, 1.807) is 0 Å². The highest BCUT2D eigenvalue weighted by Crippen LogP contribution is 2.04. The van der Waals surface area contributed by atoms with E-state index in [-0.39, 0.29) is 12.2 Å². The van der Waals surface area contributed by atoms with E-state index in [0.717, 1.165) is 6.92 Å². The molecule has 1 unspecified atom stereocenters. The molecule has 0 N–H and O–H groups in total. The van der Waals surface area contributed by atoms with Gasteiger partial charge in [0.2, 0.25) is 5.91 Å². The lowest BCUT2D eigenvalue weighted by Gasteiger charge is -2.16. The number of nitrogens with zero attached hydrogens (tertiary/aromatic N) is 1. The summed E-state index contributed by atoms with van der Waals surface area (Å²) in [6.07, 6.45) is -1.73. The van der Waals surface area contributed by atoms with Gasteiger partial charge in [0.25, 0.3) is 0 Å². The zero-order valence-corrected chi connectivity index (χ0v) is 10.6. The summed E-state index contributed by atoms with van der Waals surface area (Å²) < 4.78 is 9.78. The van der Waals surface area contributed by atoms with Gasteiger partial charge in [-0.05, 0) is 13.8 Å². The number of rotatable bonds is 4. The van der Waals surface area contributed by atoms with Crippen LogP contribution in [0, 0.1) is 0 Å². The third-order valence-electron chi connectivity index (χ3n) is 1.54. The van der Waals surface area contributed by atoms with Gasteiger partial charge in [0.1, 0.15) is 12.7 Å². The van der Waals surface area contributed by atoms with Gasteiger partial charge in [-0.2, -0.15) is 4.42 Å². The number of amides is 2. The molecule has 0 aliphatic carbocycles. The van der Waals surface area contributed by atoms with Crippen LogP contribution in [0.2, 0.25) is 0 Å². The SMILES string of the molecule is C=C(C)C(=O)OCC(C)OC(=O)N(Cl)C(C)=O. The Hall–Kier alpha value is -1.56. The summed E-state index contributed by atoms with van der Waals surface area (Å²) in [7, 11) is 0. The summed E-state index contributed by atoms with van der Waals surface area (Å²) in [6.45, 7) is 7.35. The molecular formula is C10H14ClNO5. The summed E-state index contributed by atoms with van der Waals surface area (Å²) >= 11 is 5.31. The van der Waals surface area contributed by atoms with Crippen LogP contribution in [0.15, 0.2) is 12.2 Å². The van der Waals surface area contributed by atoms with Crippen LogP contribution in [-0.2, 0) is 19.1 Å². The molecule has 0 aromatic carbocycles. The molecule has 0 rings (SSSR count). The van der Waals surface area contributed by atoms with Gasteiger partial charge in [-0.15, -0.1) is 0 Å². The van der Waals surface area contributed by atoms with Crippen LogP contribution in [0.4, 0.5) is 4.79 Å². The Balaban J connectivity index is 4.06. The molecule has 0 saturated carbocycles. The normalized spacial score (nSPS) is 11.3. The first kappa shape index (κ1) is 15.4. The van der Waals surface area contributed by atoms with Crippen LogP contribution >= 0.6 is 11.8 Å². The van der Waals surface area contributed by atoms with Crippen molar-refractivity contribution in [3.8, 4) is 0 Å². The lowest BCUT2D eigenvalue weighted by molar-refractivity contribution is -0.142. The van der Waals surface area contributed by atoms with Crippen LogP contribution in [-0.4, -0.2) is 35.1 Å². The predicted octanol–water partition coefficient (Wildman–Crippen LogP) is 1.63. The Bertz CT molecular complexity index is 342. The Kier molecular flexibility index (Phi) is 6.27. The zero-order chi connectivity index (χ0) is 13.6. The monoisotopic (exact) mass is 263 g/mol. The van der Waals surface area contributed by atoms with Crippen molar-refractivity contribution in [2.24, 2.45) is 0 Å². The second-order valence-corrected chi connectivity index (χ2v) is 3.71. The van der Waals surface area contributed by atoms with E-state index >= 15 is 0 Å². The highest BCUT2D eigenvalue weighted by Gasteiger charge is 2.20. The van der Waals surface area contributed by atoms with E-state index in [1.165, 1.54) is 13.8 Å². The smallest absolute Gasteiger partial charge is 0.432 e. The maximum Gasteiger partial charge on any atom is 0.432 e. The van der Waals surface area contributed by atoms with Gasteiger partial charge in [-0.3, -0.25) is 4.79 Å². The standard InChI is InChI=1S/C10H14ClNO5/c1-6(2)9(14)16-5-7(3)17-10(15)12(11)8(4)13/h7H,1,5H2,2-4H3. The van der Waals surface area contributed by atoms with E-state index < -0.39 is 24.1 Å². The van der Waals surface area contributed by atoms with Crippen LogP contribution < -0.4 is 0 Å². The van der Waals surface area contributed by atoms with Crippen LogP contribution in [0.25, 0.3) is 0 Å². The molecule has 0 saturated heterocycles. The highest BCUT2D eigenvalue weighted by atomic mass is 35.5. The molecule has 1 atom stereocenters. The zero-order valence-electron chi connectivity index (χ0n) is 9.86. The molecule has 17 heavy (non-hydrogen) atoms. The summed E-state index contributed by atoms with van der Waals surface area (Å²) in [5, 5.41) is 0. The Labute approximate surface area is 104 Å². The third kappa shape index (κ3) is 5.91. The minimum atomic E-state index is -1.02. The van der Waals surface area contributed by atoms with Crippen molar-refractivity contribution in [2.75, 3.05) is 6.61 Å². The quantitative estimate of drug-likeness (QED) is 0.438. The maximum absolute atomic E-state index is 11.2. The fraction of sp³-hybridized carbons (Fsp3) is 0.500. The first-order valence-electron chi connectivity index (χ1n) is 4.75. The third-order valence-corrected chi connectivity index (χ3v) is 1.91. The molecule has 0 heterocycles. The molecule has 0 spiro atoms. The Morgan fingerprint density at radius 3 is 2.29 bits per heavy atom. The number of imide groups is 1. The van der Waals surface area contributed by atoms with Crippen LogP contribution in [0.3, 0.4) is 0 Å². The van der Waals surface area contributed by atoms with E-state index in [0.29, 0.717) is 4.42 Å². The van der Waals surface area contributed by atoms with Crippen molar-refractivity contribution in [1.82, 2.24) is 4.42 Å². The van der Waals surface area contributed by atoms with Crippen molar-refractivity contribution >= 4 is 29.7 Å². The summed E-state index contributed by atoms with van der Waals surface area (Å²) in [5.74, 6) is -1.25. The van der Waals surface area contributed by atoms with E-state index in [1.807, 2.05) is 0 Å². The van der Waals surface area contributed by atoms with Gasteiger partial charge in [-0.1, -0.05) is 6.58 Å². The summed E-state index contributed by atoms with van der Waals surface area (Å²) in [4.78, 5) is 32.9. The van der Waals surface area contributed by atoms with Crippen LogP contribution in [0.1, 0.15) is 20.8 Å². The molecule has 0 radical (unpaired) electrons. The average Bonchev–Trinajstić information content (AvgIpc) is 2.24. The van der Waals surface area contributed by atoms with Gasteiger partial charge < -0.3 is 9.47 Å². The Morgan fingerprint density at radius 2 is 1.88 bits per heavy atom. The second-order valence-electron chi connectivity index (χ2n) is 3.37. The Morgan fingerprint density at radius 1 is 1.35 bits per heavy atom. The van der Waals surface area contributed by atoms with Gasteiger partial charge in [-0.25, -0.2) is 9.59 Å². The van der Waals surface area contributed by atoms with Crippen molar-refractivity contribution in [1.29, 1.82) is 0 Å². The molecule has 0 fully saturated rings. The van der Waals surface area contributed by atoms with Crippen LogP contribution in [0.5, 0.6) is 0 Å². The minimum absolute atomic E-state index is 0.139. The van der Waals surface area contributed by atoms with E-state index in [2.05, 4.69) is 6.58 Å². The maximum atomic E-state index is 11.2. The fourth-order valence-corrected chi connectivity index (χ4v) is 0.737. The van der Waals surface area contributed by atoms with Gasteiger partial charge in [0.05, 0.1) is 0 Å². The molecule has 0 aromatic rings. The molecule has 96 valence electrons. The van der Waals surface area contributed by atoms with Crippen molar-refractivity contribution in [3.05, 3.63) is 12.2 Å². The number of hydrogen-bond acceptors (Lipinski definition) is 5. The number of carbonyl (C=O) groups is 3.